The summed E-state index contributed by atoms with van der Waals surface area (Å²) in [4.78, 5) is 2.15. The molecule has 0 saturated carbocycles. The highest BCUT2D eigenvalue weighted by atomic mass is 16.3. The minimum Gasteiger partial charge on any atom is -0.387 e. The van der Waals surface area contributed by atoms with Gasteiger partial charge in [0, 0.05) is 13.1 Å². The average Bonchev–Trinajstić information content (AvgIpc) is 1.83. The first-order valence-corrected chi connectivity index (χ1v) is 4.20. The number of aliphatic hydroxyl groups is 1. The van der Waals surface area contributed by atoms with Gasteiger partial charge in [-0.25, -0.2) is 0 Å². The third-order valence-electron chi connectivity index (χ3n) is 2.16. The van der Waals surface area contributed by atoms with Crippen LogP contribution in [0.15, 0.2) is 0 Å². The van der Waals surface area contributed by atoms with Crippen molar-refractivity contribution in [1.82, 2.24) is 10.2 Å². The molecule has 66 valence electrons. The van der Waals surface area contributed by atoms with E-state index < -0.39 is 0 Å². The summed E-state index contributed by atoms with van der Waals surface area (Å²) in [7, 11) is 4.12. The fourth-order valence-corrected chi connectivity index (χ4v) is 1.31. The minimum absolute atomic E-state index is 0.379. The molecule has 0 unspecified atom stereocenters. The van der Waals surface area contributed by atoms with Gasteiger partial charge in [-0.1, -0.05) is 0 Å². The molecule has 11 heavy (non-hydrogen) atoms. The molecule has 0 aliphatic carbocycles. The van der Waals surface area contributed by atoms with Gasteiger partial charge in [0.2, 0.25) is 0 Å². The molecule has 0 spiro atoms. The third-order valence-corrected chi connectivity index (χ3v) is 2.16. The molecule has 1 aliphatic heterocycles. The lowest BCUT2D eigenvalue weighted by molar-refractivity contribution is -0.0197. The van der Waals surface area contributed by atoms with Crippen molar-refractivity contribution in [1.29, 1.82) is 0 Å². The van der Waals surface area contributed by atoms with Crippen molar-refractivity contribution in [2.24, 2.45) is 0 Å². The van der Waals surface area contributed by atoms with Crippen molar-refractivity contribution in [2.45, 2.75) is 18.4 Å². The zero-order chi connectivity index (χ0) is 8.32. The topological polar surface area (TPSA) is 35.5 Å². The van der Waals surface area contributed by atoms with Crippen molar-refractivity contribution < 1.29 is 5.11 Å². The molecule has 2 N–H and O–H groups in total. The van der Waals surface area contributed by atoms with Crippen LogP contribution in [-0.2, 0) is 0 Å². The van der Waals surface area contributed by atoms with Crippen LogP contribution in [0.5, 0.6) is 0 Å². The second kappa shape index (κ2) is 3.52. The average molecular weight is 158 g/mol. The van der Waals surface area contributed by atoms with Gasteiger partial charge >= 0.3 is 0 Å². The quantitative estimate of drug-likeness (QED) is 0.587. The van der Waals surface area contributed by atoms with Crippen LogP contribution >= 0.6 is 0 Å². The molecule has 0 radical (unpaired) electrons. The van der Waals surface area contributed by atoms with Gasteiger partial charge in [-0.15, -0.1) is 0 Å². The van der Waals surface area contributed by atoms with Gasteiger partial charge < -0.3 is 15.3 Å². The van der Waals surface area contributed by atoms with Crippen molar-refractivity contribution in [2.75, 3.05) is 33.7 Å². The Balaban J connectivity index is 2.02. The Bertz CT molecular complexity index is 121. The largest absolute Gasteiger partial charge is 0.387 e. The molecule has 0 amide bonds. The summed E-state index contributed by atoms with van der Waals surface area (Å²) >= 11 is 0. The van der Waals surface area contributed by atoms with E-state index in [1.165, 1.54) is 0 Å². The van der Waals surface area contributed by atoms with E-state index >= 15 is 0 Å². The van der Waals surface area contributed by atoms with Gasteiger partial charge in [-0.3, -0.25) is 0 Å². The Morgan fingerprint density at radius 2 is 2.09 bits per heavy atom. The highest BCUT2D eigenvalue weighted by molar-refractivity contribution is 4.92. The summed E-state index contributed by atoms with van der Waals surface area (Å²) < 4.78 is 0. The number of hydrogen-bond donors (Lipinski definition) is 2. The van der Waals surface area contributed by atoms with E-state index in [1.807, 2.05) is 0 Å². The van der Waals surface area contributed by atoms with E-state index in [-0.39, 0.29) is 5.60 Å². The van der Waals surface area contributed by atoms with Gasteiger partial charge in [-0.2, -0.15) is 0 Å². The monoisotopic (exact) mass is 158 g/mol. The predicted molar refractivity (Wildman–Crippen MR) is 45.6 cm³/mol. The molecule has 1 heterocycles. The zero-order valence-electron chi connectivity index (χ0n) is 7.43. The molecule has 1 saturated heterocycles. The summed E-state index contributed by atoms with van der Waals surface area (Å²) in [5.74, 6) is 0. The van der Waals surface area contributed by atoms with Crippen molar-refractivity contribution in [3.05, 3.63) is 0 Å². The lowest BCUT2D eigenvalue weighted by atomic mass is 9.91. The molecule has 3 nitrogen and oxygen atoms in total. The molecule has 0 aromatic heterocycles. The Morgan fingerprint density at radius 3 is 2.45 bits per heavy atom. The summed E-state index contributed by atoms with van der Waals surface area (Å²) in [6.45, 7) is 2.63. The van der Waals surface area contributed by atoms with E-state index in [2.05, 4.69) is 24.3 Å². The molecule has 0 atom stereocenters. The normalized spacial score (nSPS) is 21.8. The Kier molecular flexibility index (Phi) is 2.87. The summed E-state index contributed by atoms with van der Waals surface area (Å²) in [6, 6.07) is 0. The maximum absolute atomic E-state index is 9.64. The molecule has 1 fully saturated rings. The molecular formula is C8H18N2O. The first kappa shape index (κ1) is 8.97. The van der Waals surface area contributed by atoms with Crippen LogP contribution < -0.4 is 5.32 Å². The van der Waals surface area contributed by atoms with Gasteiger partial charge in [0.25, 0.3) is 0 Å². The number of rotatable bonds is 4. The maximum atomic E-state index is 9.64. The van der Waals surface area contributed by atoms with Crippen molar-refractivity contribution in [3.63, 3.8) is 0 Å². The van der Waals surface area contributed by atoms with Crippen LogP contribution in [0.25, 0.3) is 0 Å². The summed E-state index contributed by atoms with van der Waals surface area (Å²) in [5, 5.41) is 12.7. The van der Waals surface area contributed by atoms with Crippen LogP contribution in [0.1, 0.15) is 12.8 Å². The van der Waals surface area contributed by atoms with Crippen LogP contribution in [0.3, 0.4) is 0 Å². The van der Waals surface area contributed by atoms with E-state index in [9.17, 15) is 5.11 Å². The number of nitrogens with zero attached hydrogens (tertiary/aromatic N) is 1. The second-order valence-electron chi connectivity index (χ2n) is 3.73. The molecule has 1 rings (SSSR count). The maximum Gasteiger partial charge on any atom is 0.0895 e. The smallest absolute Gasteiger partial charge is 0.0895 e. The second-order valence-corrected chi connectivity index (χ2v) is 3.73. The standard InChI is InChI=1S/C8H18N2O/c1-10(2)5-3-4-8(11)6-9-7-8/h9,11H,3-7H2,1-2H3. The first-order chi connectivity index (χ1) is 5.12. The number of β-amino-alcohol motifs (C(OH)–C–C–N with tert-alkyl or cyclic N) is 1. The van der Waals surface area contributed by atoms with Gasteiger partial charge in [-0.05, 0) is 33.5 Å². The van der Waals surface area contributed by atoms with E-state index in [0.29, 0.717) is 0 Å². The summed E-state index contributed by atoms with van der Waals surface area (Å²) in [5.41, 5.74) is -0.379. The van der Waals surface area contributed by atoms with Crippen molar-refractivity contribution >= 4 is 0 Å². The lowest BCUT2D eigenvalue weighted by Crippen LogP contribution is -2.59. The molecule has 0 aromatic rings. The predicted octanol–water partition coefficient (Wildman–Crippen LogP) is -0.338. The van der Waals surface area contributed by atoms with Crippen molar-refractivity contribution in [3.8, 4) is 0 Å². The van der Waals surface area contributed by atoms with Crippen LogP contribution in [0.4, 0.5) is 0 Å². The molecule has 0 aromatic carbocycles. The zero-order valence-corrected chi connectivity index (χ0v) is 7.43. The number of nitrogens with one attached hydrogen (secondary N) is 1. The Morgan fingerprint density at radius 1 is 1.45 bits per heavy atom. The molecular weight excluding hydrogens is 140 g/mol. The van der Waals surface area contributed by atoms with E-state index in [4.69, 9.17) is 0 Å². The van der Waals surface area contributed by atoms with E-state index in [1.54, 1.807) is 0 Å². The molecule has 1 aliphatic rings. The fourth-order valence-electron chi connectivity index (χ4n) is 1.31. The summed E-state index contributed by atoms with van der Waals surface area (Å²) in [6.07, 6.45) is 2.02. The SMILES string of the molecule is CN(C)CCCC1(O)CNC1. The minimum atomic E-state index is -0.379. The van der Waals surface area contributed by atoms with Gasteiger partial charge in [0.05, 0.1) is 5.60 Å². The molecule has 3 heteroatoms. The lowest BCUT2D eigenvalue weighted by Gasteiger charge is -2.37. The fraction of sp³-hybridized carbons (Fsp3) is 1.00. The Labute approximate surface area is 68.4 Å². The number of hydrogen-bond acceptors (Lipinski definition) is 3. The third kappa shape index (κ3) is 2.77. The van der Waals surface area contributed by atoms with Crippen LogP contribution in [0.2, 0.25) is 0 Å². The highest BCUT2D eigenvalue weighted by Crippen LogP contribution is 2.16. The highest BCUT2D eigenvalue weighted by Gasteiger charge is 2.33. The van der Waals surface area contributed by atoms with Crippen LogP contribution in [0, 0.1) is 0 Å². The van der Waals surface area contributed by atoms with Crippen LogP contribution in [-0.4, -0.2) is 49.3 Å². The van der Waals surface area contributed by atoms with Gasteiger partial charge in [0.1, 0.15) is 0 Å². The first-order valence-electron chi connectivity index (χ1n) is 4.20. The van der Waals surface area contributed by atoms with Gasteiger partial charge in [0.15, 0.2) is 0 Å². The molecule has 0 bridgehead atoms. The van der Waals surface area contributed by atoms with E-state index in [0.717, 1.165) is 32.5 Å². The Hall–Kier alpha value is -0.120.